The molecule has 3 heteroatoms. The van der Waals surface area contributed by atoms with Crippen LogP contribution in [0, 0.1) is 120 Å². The van der Waals surface area contributed by atoms with Gasteiger partial charge in [-0.1, -0.05) is 199 Å². The number of hydrogen-bond acceptors (Lipinski definition) is 0. The summed E-state index contributed by atoms with van der Waals surface area (Å²) in [5, 5.41) is 0. The van der Waals surface area contributed by atoms with Gasteiger partial charge in [0.05, 0.1) is 0 Å². The molecule has 1 nitrogen and oxygen atoms in total. The van der Waals surface area contributed by atoms with Gasteiger partial charge < -0.3 is 31.2 Å². The minimum absolute atomic E-state index is 0. The van der Waals surface area contributed by atoms with Crippen LogP contribution in [0.3, 0.4) is 0 Å². The smallest absolute Gasteiger partial charge is 0.412 e. The summed E-state index contributed by atoms with van der Waals surface area (Å²) in [5.41, 5.74) is 0. The molecule has 16 unspecified atom stereocenters. The molecule has 0 aromatic carbocycles. The maximum atomic E-state index is 2.62. The number of fused-ring (bicyclic) bond motifs is 12. The van der Waals surface area contributed by atoms with Gasteiger partial charge in [-0.15, -0.1) is 48.0 Å². The van der Waals surface area contributed by atoms with Crippen LogP contribution < -0.4 is 0 Å². The molecule has 0 heterocycles. The van der Waals surface area contributed by atoms with Crippen molar-refractivity contribution in [3.63, 3.8) is 0 Å². The average Bonchev–Trinajstić information content (AvgIpc) is 3.98. The molecule has 1 radical (unpaired) electrons. The van der Waals surface area contributed by atoms with E-state index in [1.54, 1.807) is 0 Å². The fourth-order valence-corrected chi connectivity index (χ4v) is 13.8. The largest absolute Gasteiger partial charge is 3.00 e. The molecule has 12 aliphatic carbocycles. The monoisotopic (exact) mass is 806 g/mol. The third-order valence-corrected chi connectivity index (χ3v) is 16.2. The Morgan fingerprint density at radius 2 is 0.491 bits per heavy atom. The Kier molecular flexibility index (Phi) is 16.8. The van der Waals surface area contributed by atoms with Crippen molar-refractivity contribution in [1.29, 1.82) is 0 Å². The predicted molar refractivity (Wildman–Crippen MR) is 224 cm³/mol. The molecule has 0 aliphatic heterocycles. The van der Waals surface area contributed by atoms with E-state index in [-0.39, 0.29) is 48.9 Å². The topological polar surface area (TPSA) is 31.5 Å². The second kappa shape index (κ2) is 21.0. The Balaban J connectivity index is 0.000000122. The van der Waals surface area contributed by atoms with Gasteiger partial charge in [0.25, 0.3) is 0 Å². The molecule has 16 atom stereocenters. The van der Waals surface area contributed by atoms with Crippen LogP contribution in [0.4, 0.5) is 0 Å². The van der Waals surface area contributed by atoms with Crippen LogP contribution in [-0.4, -0.2) is 5.48 Å². The molecule has 0 spiro atoms. The normalized spacial score (nSPS) is 44.8. The summed E-state index contributed by atoms with van der Waals surface area (Å²) in [4.78, 5) is 0. The van der Waals surface area contributed by atoms with Gasteiger partial charge in [0.15, 0.2) is 0 Å². The fourth-order valence-electron chi connectivity index (χ4n) is 13.8. The first kappa shape index (κ1) is 43.9. The van der Waals surface area contributed by atoms with E-state index < -0.39 is 0 Å². The predicted octanol–water partition coefficient (Wildman–Crippen LogP) is 12.6. The first-order chi connectivity index (χ1) is 25.8. The summed E-state index contributed by atoms with van der Waals surface area (Å²) in [6, 6.07) is 0. The zero-order chi connectivity index (χ0) is 34.7. The van der Waals surface area contributed by atoms with Gasteiger partial charge in [-0.25, -0.2) is 0 Å². The Morgan fingerprint density at radius 3 is 0.727 bits per heavy atom. The van der Waals surface area contributed by atoms with E-state index in [1.807, 2.05) is 0 Å². The van der Waals surface area contributed by atoms with Crippen LogP contribution in [-0.2, 0) is 43.4 Å². The quantitative estimate of drug-likeness (QED) is 0.173. The maximum Gasteiger partial charge on any atom is 3.00 e. The molecule has 2 N–H and O–H groups in total. The fraction of sp³-hybridized carbons (Fsp3) is 0.615. The maximum absolute atomic E-state index is 2.62. The van der Waals surface area contributed by atoms with E-state index >= 15 is 0 Å². The van der Waals surface area contributed by atoms with E-state index in [0.29, 0.717) is 0 Å². The van der Waals surface area contributed by atoms with Gasteiger partial charge in [-0.3, -0.25) is 0 Å². The second-order valence-corrected chi connectivity index (χ2v) is 18.9. The minimum Gasteiger partial charge on any atom is -0.412 e. The van der Waals surface area contributed by atoms with Gasteiger partial charge in [-0.05, 0) is 23.7 Å². The average molecular weight is 807 g/mol. The molecule has 12 aliphatic rings. The molecule has 0 aromatic heterocycles. The number of allylic oxidation sites excluding steroid dienone is 16. The van der Waals surface area contributed by atoms with Gasteiger partial charge in [0.1, 0.15) is 0 Å². The van der Waals surface area contributed by atoms with Crippen molar-refractivity contribution < 1.29 is 48.9 Å². The summed E-state index contributed by atoms with van der Waals surface area (Å²) in [6.07, 6.45) is 71.1. The van der Waals surface area contributed by atoms with E-state index in [2.05, 4.69) is 123 Å². The van der Waals surface area contributed by atoms with Gasteiger partial charge in [0.2, 0.25) is 0 Å². The molecule has 0 bridgehead atoms. The van der Waals surface area contributed by atoms with Crippen molar-refractivity contribution in [2.45, 2.75) is 103 Å². The van der Waals surface area contributed by atoms with Crippen molar-refractivity contribution in [3.8, 4) is 0 Å². The summed E-state index contributed by atoms with van der Waals surface area (Å²) in [6.45, 7) is 0. The first-order valence-electron chi connectivity index (χ1n) is 22.6. The molecule has 0 saturated heterocycles. The Hall–Kier alpha value is -0.691. The van der Waals surface area contributed by atoms with Crippen molar-refractivity contribution in [3.05, 3.63) is 123 Å². The minimum atomic E-state index is 0. The van der Waals surface area contributed by atoms with E-state index in [9.17, 15) is 0 Å². The van der Waals surface area contributed by atoms with Crippen LogP contribution in [0.15, 0.2) is 97.2 Å². The van der Waals surface area contributed by atoms with Gasteiger partial charge in [0, 0.05) is 21.7 Å². The van der Waals surface area contributed by atoms with Gasteiger partial charge in [-0.2, -0.15) is 23.7 Å². The zero-order valence-electron chi connectivity index (χ0n) is 33.6. The van der Waals surface area contributed by atoms with Gasteiger partial charge >= 0.3 is 21.7 Å². The van der Waals surface area contributed by atoms with Crippen LogP contribution in [0.5, 0.6) is 0 Å². The number of rotatable bonds is 0. The van der Waals surface area contributed by atoms with Crippen LogP contribution in [0.2, 0.25) is 0 Å². The molecule has 293 valence electrons. The van der Waals surface area contributed by atoms with Crippen LogP contribution in [0.25, 0.3) is 0 Å². The van der Waals surface area contributed by atoms with E-state index in [1.165, 1.54) is 103 Å². The van der Waals surface area contributed by atoms with E-state index in [0.717, 1.165) is 94.7 Å². The Bertz CT molecular complexity index is 1230. The third kappa shape index (κ3) is 9.86. The summed E-state index contributed by atoms with van der Waals surface area (Å²) >= 11 is 0. The van der Waals surface area contributed by atoms with Crippen LogP contribution in [0.1, 0.15) is 103 Å². The third-order valence-electron chi connectivity index (χ3n) is 16.2. The number of hydrogen-bond donors (Lipinski definition) is 0. The standard InChI is InChI=1S/4C13H17.H2O.2Ti/c4*1-3-7-12-10(5-1)9-11-6-2-4-8-13(11)12;;;/h4*1,3,5,7,9-13H,2,4,6,8H2;1H2;;/q4*-1;;;+3. The molecule has 55 heavy (non-hydrogen) atoms. The molecule has 12 rings (SSSR count). The summed E-state index contributed by atoms with van der Waals surface area (Å²) in [7, 11) is 0. The SMILES string of the molecule is C1=CC2[CH-]C3CCCCC3C2C=C1.C1=CC2[CH-]C3CCCCC3C2C=C1.C1=CC2[CH-]C3CCCCC3C2C=C1.C1=CC2[CH-]C3CCCCC3C2C=C1.O.[Ti+3].[Ti]. The van der Waals surface area contributed by atoms with E-state index in [4.69, 9.17) is 0 Å². The van der Waals surface area contributed by atoms with Crippen molar-refractivity contribution in [2.24, 2.45) is 94.7 Å². The molecule has 8 fully saturated rings. The summed E-state index contributed by atoms with van der Waals surface area (Å²) < 4.78 is 0. The zero-order valence-corrected chi connectivity index (χ0v) is 36.7. The summed E-state index contributed by atoms with van der Waals surface area (Å²) in [5.74, 6) is 14.2. The molecule has 0 aromatic rings. The molecule has 8 saturated carbocycles. The van der Waals surface area contributed by atoms with Crippen molar-refractivity contribution in [1.82, 2.24) is 0 Å². The first-order valence-corrected chi connectivity index (χ1v) is 22.6. The second-order valence-electron chi connectivity index (χ2n) is 18.9. The molecular weight excluding hydrogens is 736 g/mol. The molecular formula is C52H70OTi2-. The van der Waals surface area contributed by atoms with Crippen molar-refractivity contribution in [2.75, 3.05) is 0 Å². The van der Waals surface area contributed by atoms with Crippen LogP contribution >= 0.6 is 0 Å². The molecule has 0 amide bonds. The van der Waals surface area contributed by atoms with Crippen molar-refractivity contribution >= 4 is 0 Å². The Labute approximate surface area is 366 Å². The Morgan fingerprint density at radius 1 is 0.291 bits per heavy atom.